The average molecular weight is 611 g/mol. The van der Waals surface area contributed by atoms with Crippen LogP contribution in [0.5, 0.6) is 0 Å². The highest BCUT2D eigenvalue weighted by atomic mass is 16.5. The lowest BCUT2D eigenvalue weighted by Gasteiger charge is -2.26. The first-order valence-corrected chi connectivity index (χ1v) is 14.5. The fraction of sp³-hybridized carbons (Fsp3) is 0.452. The smallest absolute Gasteiger partial charge is 0.408 e. The highest BCUT2D eigenvalue weighted by Gasteiger charge is 2.34. The van der Waals surface area contributed by atoms with Crippen LogP contribution in [0.1, 0.15) is 51.7 Å². The summed E-state index contributed by atoms with van der Waals surface area (Å²) in [5.41, 5.74) is 6.90. The zero-order valence-electron chi connectivity index (χ0n) is 25.5. The second-order valence-corrected chi connectivity index (χ2v) is 10.9. The topological polar surface area (TPSA) is 199 Å². The molecule has 6 N–H and O–H groups in total. The molecule has 13 heteroatoms. The lowest BCUT2D eigenvalue weighted by atomic mass is 9.94. The summed E-state index contributed by atoms with van der Waals surface area (Å²) in [5, 5.41) is 9.85. The van der Waals surface area contributed by atoms with Crippen molar-refractivity contribution in [3.05, 3.63) is 66.0 Å². The van der Waals surface area contributed by atoms with Crippen LogP contribution in [-0.2, 0) is 41.7 Å². The Hall–Kier alpha value is -4.81. The summed E-state index contributed by atoms with van der Waals surface area (Å²) in [6.07, 6.45) is 3.08. The largest absolute Gasteiger partial charge is 0.445 e. The molecule has 0 saturated carbocycles. The Morgan fingerprint density at radius 1 is 0.864 bits per heavy atom. The molecule has 2 aromatic rings. The highest BCUT2D eigenvalue weighted by Crippen LogP contribution is 2.12. The van der Waals surface area contributed by atoms with Crippen LogP contribution in [0.25, 0.3) is 0 Å². The van der Waals surface area contributed by atoms with Crippen molar-refractivity contribution in [3.8, 4) is 0 Å². The van der Waals surface area contributed by atoms with Crippen molar-refractivity contribution < 1.29 is 33.5 Å². The molecular formula is C31H42N6O7. The van der Waals surface area contributed by atoms with Crippen LogP contribution >= 0.6 is 0 Å². The van der Waals surface area contributed by atoms with E-state index in [1.165, 1.54) is 12.4 Å². The van der Waals surface area contributed by atoms with Crippen molar-refractivity contribution in [1.29, 1.82) is 0 Å². The molecule has 0 aliphatic rings. The number of rotatable bonds is 17. The van der Waals surface area contributed by atoms with Gasteiger partial charge in [-0.3, -0.25) is 29.0 Å². The number of Topliss-reactive ketones (excluding diaryl/α,β-unsaturated/α-hetero) is 1. The molecule has 0 radical (unpaired) electrons. The Morgan fingerprint density at radius 3 is 2.11 bits per heavy atom. The van der Waals surface area contributed by atoms with Gasteiger partial charge in [0.2, 0.25) is 23.5 Å². The van der Waals surface area contributed by atoms with Gasteiger partial charge in [-0.15, -0.1) is 0 Å². The number of ketones is 1. The van der Waals surface area contributed by atoms with Crippen molar-refractivity contribution >= 4 is 35.5 Å². The summed E-state index contributed by atoms with van der Waals surface area (Å²) in [7, 11) is 0. The summed E-state index contributed by atoms with van der Waals surface area (Å²) in [4.78, 5) is 79.9. The van der Waals surface area contributed by atoms with E-state index in [-0.39, 0.29) is 25.4 Å². The number of carbonyl (C=O) groups excluding carboxylic acids is 6. The number of carbonyl (C=O) groups is 6. The molecule has 4 atom stereocenters. The van der Waals surface area contributed by atoms with Gasteiger partial charge >= 0.3 is 6.09 Å². The third-order valence-electron chi connectivity index (χ3n) is 6.82. The van der Waals surface area contributed by atoms with Crippen molar-refractivity contribution in [2.24, 2.45) is 17.6 Å². The minimum Gasteiger partial charge on any atom is -0.445 e. The number of benzene rings is 1. The number of hydrogen-bond donors (Lipinski definition) is 5. The van der Waals surface area contributed by atoms with Gasteiger partial charge in [-0.25, -0.2) is 4.79 Å². The lowest BCUT2D eigenvalue weighted by molar-refractivity contribution is -0.141. The van der Waals surface area contributed by atoms with E-state index in [1.54, 1.807) is 38.1 Å². The van der Waals surface area contributed by atoms with Crippen LogP contribution < -0.4 is 27.0 Å². The number of alkyl carbamates (subject to hydrolysis) is 1. The van der Waals surface area contributed by atoms with Crippen molar-refractivity contribution in [2.45, 2.75) is 71.7 Å². The Morgan fingerprint density at radius 2 is 1.52 bits per heavy atom. The van der Waals surface area contributed by atoms with Crippen molar-refractivity contribution in [2.75, 3.05) is 6.54 Å². The van der Waals surface area contributed by atoms with E-state index in [4.69, 9.17) is 10.5 Å². The number of nitrogens with two attached hydrogens (primary N) is 1. The number of nitrogens with one attached hydrogen (secondary N) is 4. The Bertz CT molecular complexity index is 1270. The molecule has 44 heavy (non-hydrogen) atoms. The van der Waals surface area contributed by atoms with E-state index in [0.717, 1.165) is 5.56 Å². The normalized spacial score (nSPS) is 13.5. The zero-order chi connectivity index (χ0) is 32.6. The maximum absolute atomic E-state index is 13.3. The molecule has 1 heterocycles. The predicted octanol–water partition coefficient (Wildman–Crippen LogP) is 1.15. The summed E-state index contributed by atoms with van der Waals surface area (Å²) in [6.45, 7) is 6.63. The van der Waals surface area contributed by atoms with E-state index >= 15 is 0 Å². The Balaban J connectivity index is 2.00. The molecule has 1 aromatic heterocycles. The molecule has 238 valence electrons. The number of pyridine rings is 1. The number of amides is 5. The van der Waals surface area contributed by atoms with Crippen LogP contribution in [0.3, 0.4) is 0 Å². The molecule has 0 fully saturated rings. The number of hydrogen-bond acceptors (Lipinski definition) is 8. The molecule has 0 bridgehead atoms. The molecule has 2 rings (SSSR count). The van der Waals surface area contributed by atoms with Gasteiger partial charge in [0.05, 0.1) is 12.6 Å². The predicted molar refractivity (Wildman–Crippen MR) is 161 cm³/mol. The maximum atomic E-state index is 13.3. The van der Waals surface area contributed by atoms with Crippen molar-refractivity contribution in [1.82, 2.24) is 26.3 Å². The molecule has 1 aromatic carbocycles. The second-order valence-electron chi connectivity index (χ2n) is 10.9. The third kappa shape index (κ3) is 12.2. The SMILES string of the molecule is CC[C@H](C)C(NC(=O)[C@H](CC(C)C)NC(=O)OCc1ccccc1)C(=O)C(=O)NCC(=O)N[C@@H](Cc1ccncc1)C(N)=O. The molecule has 0 aliphatic heterocycles. The standard InChI is InChI=1S/C31H42N6O7/c1-5-20(4)26(37-29(41)24(15-19(2)3)36-31(43)44-18-22-9-7-6-8-10-22)27(39)30(42)34-17-25(38)35-23(28(32)40)16-21-11-13-33-14-12-21/h6-14,19-20,23-24,26H,5,15-18H2,1-4H3,(H2,32,40)(H,34,42)(H,35,38)(H,36,43)(H,37,41)/t20-,23-,24-,26?/m0/s1. The Labute approximate surface area is 257 Å². The summed E-state index contributed by atoms with van der Waals surface area (Å²) < 4.78 is 5.25. The van der Waals surface area contributed by atoms with Gasteiger partial charge in [0.1, 0.15) is 18.7 Å². The molecule has 1 unspecified atom stereocenters. The minimum atomic E-state index is -1.22. The maximum Gasteiger partial charge on any atom is 0.408 e. The van der Waals surface area contributed by atoms with Crippen LogP contribution in [0, 0.1) is 11.8 Å². The number of ether oxygens (including phenoxy) is 1. The van der Waals surface area contributed by atoms with E-state index in [2.05, 4.69) is 26.3 Å². The first-order chi connectivity index (χ1) is 20.9. The lowest BCUT2D eigenvalue weighted by Crippen LogP contribution is -2.56. The van der Waals surface area contributed by atoms with Gasteiger partial charge in [0.25, 0.3) is 5.91 Å². The van der Waals surface area contributed by atoms with Gasteiger partial charge < -0.3 is 31.7 Å². The molecular weight excluding hydrogens is 568 g/mol. The van der Waals surface area contributed by atoms with Gasteiger partial charge in [-0.1, -0.05) is 64.4 Å². The second kappa shape index (κ2) is 18.0. The molecule has 0 saturated heterocycles. The summed E-state index contributed by atoms with van der Waals surface area (Å²) in [6, 6.07) is 9.07. The zero-order valence-corrected chi connectivity index (χ0v) is 25.5. The number of primary amides is 1. The Kier molecular flexibility index (Phi) is 14.5. The van der Waals surface area contributed by atoms with E-state index < -0.39 is 66.1 Å². The van der Waals surface area contributed by atoms with Crippen molar-refractivity contribution in [3.63, 3.8) is 0 Å². The van der Waals surface area contributed by atoms with Crippen LogP contribution in [0.2, 0.25) is 0 Å². The first-order valence-electron chi connectivity index (χ1n) is 14.5. The fourth-order valence-corrected chi connectivity index (χ4v) is 4.18. The van der Waals surface area contributed by atoms with Gasteiger partial charge in [-0.2, -0.15) is 0 Å². The van der Waals surface area contributed by atoms with E-state index in [1.807, 2.05) is 32.0 Å². The third-order valence-corrected chi connectivity index (χ3v) is 6.82. The monoisotopic (exact) mass is 610 g/mol. The van der Waals surface area contributed by atoms with Crippen LogP contribution in [-0.4, -0.2) is 65.2 Å². The quantitative estimate of drug-likeness (QED) is 0.164. The first kappa shape index (κ1) is 35.4. The number of nitrogens with zero attached hydrogens (tertiary/aromatic N) is 1. The van der Waals surface area contributed by atoms with Gasteiger partial charge in [0, 0.05) is 18.8 Å². The summed E-state index contributed by atoms with van der Waals surface area (Å²) in [5.74, 6) is -4.66. The average Bonchev–Trinajstić information content (AvgIpc) is 3.00. The van der Waals surface area contributed by atoms with Crippen LogP contribution in [0.4, 0.5) is 4.79 Å². The molecule has 0 aliphatic carbocycles. The highest BCUT2D eigenvalue weighted by molar-refractivity contribution is 6.38. The van der Waals surface area contributed by atoms with Crippen LogP contribution in [0.15, 0.2) is 54.9 Å². The molecule has 5 amide bonds. The number of aromatic nitrogens is 1. The van der Waals surface area contributed by atoms with Gasteiger partial charge in [-0.05, 0) is 41.5 Å². The van der Waals surface area contributed by atoms with E-state index in [0.29, 0.717) is 12.0 Å². The van der Waals surface area contributed by atoms with E-state index in [9.17, 15) is 28.8 Å². The fourth-order valence-electron chi connectivity index (χ4n) is 4.18. The molecule has 0 spiro atoms. The minimum absolute atomic E-state index is 0.00233. The van der Waals surface area contributed by atoms with Gasteiger partial charge in [0.15, 0.2) is 0 Å². The summed E-state index contributed by atoms with van der Waals surface area (Å²) >= 11 is 0. The molecule has 13 nitrogen and oxygen atoms in total.